The van der Waals surface area contributed by atoms with E-state index in [0.717, 1.165) is 11.3 Å². The van der Waals surface area contributed by atoms with Crippen LogP contribution in [0.5, 0.6) is 0 Å². The van der Waals surface area contributed by atoms with Gasteiger partial charge in [0.25, 0.3) is 5.91 Å². The molecule has 0 saturated heterocycles. The fraction of sp³-hybridized carbons (Fsp3) is 0.0714. The highest BCUT2D eigenvalue weighted by Crippen LogP contribution is 2.24. The van der Waals surface area contributed by atoms with Crippen LogP contribution in [0.2, 0.25) is 0 Å². The van der Waals surface area contributed by atoms with Gasteiger partial charge in [0.2, 0.25) is 0 Å². The summed E-state index contributed by atoms with van der Waals surface area (Å²) in [5.41, 5.74) is 2.10. The van der Waals surface area contributed by atoms with E-state index < -0.39 is 4.84 Å². The average molecular weight is 280 g/mol. The van der Waals surface area contributed by atoms with E-state index in [-0.39, 0.29) is 5.91 Å². The fourth-order valence-electron chi connectivity index (χ4n) is 1.50. The average Bonchev–Trinajstić information content (AvgIpc) is 2.40. The Morgan fingerprint density at radius 1 is 0.944 bits per heavy atom. The Balaban J connectivity index is 2.10. The number of benzene rings is 2. The fourth-order valence-corrected chi connectivity index (χ4v) is 1.80. The Morgan fingerprint density at radius 2 is 1.56 bits per heavy atom. The van der Waals surface area contributed by atoms with E-state index in [1.54, 1.807) is 24.3 Å². The van der Waals surface area contributed by atoms with Gasteiger partial charge in [-0.1, -0.05) is 30.3 Å². The Morgan fingerprint density at radius 3 is 2.11 bits per heavy atom. The molecule has 0 saturated carbocycles. The lowest BCUT2D eigenvalue weighted by Gasteiger charge is -2.06. The van der Waals surface area contributed by atoms with Crippen molar-refractivity contribution < 1.29 is 4.79 Å². The molecule has 0 atom stereocenters. The Hall–Kier alpha value is -1.51. The second-order valence-electron chi connectivity index (χ2n) is 3.74. The number of hydrogen-bond donors (Lipinski definition) is 1. The van der Waals surface area contributed by atoms with Crippen LogP contribution < -0.4 is 5.32 Å². The zero-order valence-electron chi connectivity index (χ0n) is 9.44. The number of nitrogens with one attached hydrogen (secondary N) is 1. The van der Waals surface area contributed by atoms with Crippen molar-refractivity contribution in [1.29, 1.82) is 0 Å². The second kappa shape index (κ2) is 5.89. The highest BCUT2D eigenvalue weighted by Gasteiger charge is 2.07. The highest BCUT2D eigenvalue weighted by atomic mass is 35.5. The summed E-state index contributed by atoms with van der Waals surface area (Å²) in [7, 11) is 0. The van der Waals surface area contributed by atoms with E-state index in [4.69, 9.17) is 23.2 Å². The van der Waals surface area contributed by atoms with Crippen molar-refractivity contribution in [3.8, 4) is 0 Å². The number of amides is 1. The van der Waals surface area contributed by atoms with Crippen LogP contribution in [0.15, 0.2) is 54.6 Å². The summed E-state index contributed by atoms with van der Waals surface area (Å²) < 4.78 is 0. The second-order valence-corrected chi connectivity index (χ2v) is 4.84. The predicted molar refractivity (Wildman–Crippen MR) is 75.3 cm³/mol. The lowest BCUT2D eigenvalue weighted by molar-refractivity contribution is 0.102. The quantitative estimate of drug-likeness (QED) is 0.829. The van der Waals surface area contributed by atoms with Crippen LogP contribution in [0.1, 0.15) is 20.8 Å². The van der Waals surface area contributed by atoms with E-state index in [1.165, 1.54) is 0 Å². The van der Waals surface area contributed by atoms with Crippen molar-refractivity contribution in [2.24, 2.45) is 0 Å². The largest absolute Gasteiger partial charge is 0.322 e. The summed E-state index contributed by atoms with van der Waals surface area (Å²) in [6.07, 6.45) is 0. The molecule has 0 fully saturated rings. The standard InChI is InChI=1S/C14H11Cl2NO/c15-13(16)10-6-8-11(9-7-10)14(18)17-12-4-2-1-3-5-12/h1-9,13H,(H,17,18). The third-order valence-corrected chi connectivity index (χ3v) is 2.96. The lowest BCUT2D eigenvalue weighted by Crippen LogP contribution is -2.11. The van der Waals surface area contributed by atoms with Gasteiger partial charge in [-0.15, -0.1) is 23.2 Å². The molecule has 1 amide bonds. The number of hydrogen-bond acceptors (Lipinski definition) is 1. The minimum Gasteiger partial charge on any atom is -0.322 e. The molecule has 18 heavy (non-hydrogen) atoms. The first-order chi connectivity index (χ1) is 8.66. The Bertz CT molecular complexity index is 523. The van der Waals surface area contributed by atoms with E-state index in [1.807, 2.05) is 30.3 Å². The zero-order valence-corrected chi connectivity index (χ0v) is 10.9. The molecule has 2 nitrogen and oxygen atoms in total. The van der Waals surface area contributed by atoms with Gasteiger partial charge in [-0.2, -0.15) is 0 Å². The third-order valence-electron chi connectivity index (χ3n) is 2.46. The lowest BCUT2D eigenvalue weighted by atomic mass is 10.1. The molecule has 0 unspecified atom stereocenters. The first kappa shape index (κ1) is 12.9. The van der Waals surface area contributed by atoms with E-state index in [2.05, 4.69) is 5.32 Å². The molecule has 0 aliphatic carbocycles. The van der Waals surface area contributed by atoms with Gasteiger partial charge in [-0.25, -0.2) is 0 Å². The maximum Gasteiger partial charge on any atom is 0.255 e. The number of halogens is 2. The number of rotatable bonds is 3. The van der Waals surface area contributed by atoms with Gasteiger partial charge >= 0.3 is 0 Å². The number of alkyl halides is 2. The summed E-state index contributed by atoms with van der Waals surface area (Å²) in [6, 6.07) is 16.2. The molecule has 0 bridgehead atoms. The van der Waals surface area contributed by atoms with Crippen LogP contribution in [-0.4, -0.2) is 5.91 Å². The van der Waals surface area contributed by atoms with E-state index in [0.29, 0.717) is 5.56 Å². The molecule has 0 aromatic heterocycles. The summed E-state index contributed by atoms with van der Waals surface area (Å²) in [5, 5.41) is 2.80. The van der Waals surface area contributed by atoms with Crippen molar-refractivity contribution >= 4 is 34.8 Å². The molecule has 0 aliphatic heterocycles. The molecular weight excluding hydrogens is 269 g/mol. The first-order valence-corrected chi connectivity index (χ1v) is 6.28. The van der Waals surface area contributed by atoms with Crippen LogP contribution in [-0.2, 0) is 0 Å². The molecule has 0 aliphatic rings. The Labute approximate surface area is 116 Å². The van der Waals surface area contributed by atoms with Gasteiger partial charge in [-0.05, 0) is 29.8 Å². The number of anilines is 1. The molecule has 2 rings (SSSR count). The number of para-hydroxylation sites is 1. The summed E-state index contributed by atoms with van der Waals surface area (Å²) in [6.45, 7) is 0. The molecule has 2 aromatic rings. The van der Waals surface area contributed by atoms with Crippen molar-refractivity contribution in [3.63, 3.8) is 0 Å². The molecule has 4 heteroatoms. The van der Waals surface area contributed by atoms with Gasteiger partial charge in [0.1, 0.15) is 4.84 Å². The van der Waals surface area contributed by atoms with Gasteiger partial charge in [0.05, 0.1) is 0 Å². The smallest absolute Gasteiger partial charge is 0.255 e. The molecule has 0 heterocycles. The topological polar surface area (TPSA) is 29.1 Å². The van der Waals surface area contributed by atoms with Gasteiger partial charge in [0.15, 0.2) is 0 Å². The predicted octanol–water partition coefficient (Wildman–Crippen LogP) is 4.42. The van der Waals surface area contributed by atoms with Crippen LogP contribution >= 0.6 is 23.2 Å². The SMILES string of the molecule is O=C(Nc1ccccc1)c1ccc(C(Cl)Cl)cc1. The van der Waals surface area contributed by atoms with Crippen LogP contribution in [0.4, 0.5) is 5.69 Å². The van der Waals surface area contributed by atoms with Crippen molar-refractivity contribution in [3.05, 3.63) is 65.7 Å². The van der Waals surface area contributed by atoms with Crippen LogP contribution in [0.25, 0.3) is 0 Å². The summed E-state index contributed by atoms with van der Waals surface area (Å²) >= 11 is 11.5. The third kappa shape index (κ3) is 3.25. The molecule has 2 aromatic carbocycles. The summed E-state index contributed by atoms with van der Waals surface area (Å²) in [4.78, 5) is 11.3. The zero-order chi connectivity index (χ0) is 13.0. The van der Waals surface area contributed by atoms with Gasteiger partial charge in [0, 0.05) is 11.3 Å². The maximum atomic E-state index is 11.9. The molecular formula is C14H11Cl2NO. The molecule has 1 N–H and O–H groups in total. The number of carbonyl (C=O) groups is 1. The maximum absolute atomic E-state index is 11.9. The molecule has 0 spiro atoms. The minimum atomic E-state index is -0.573. The van der Waals surface area contributed by atoms with Crippen molar-refractivity contribution in [2.75, 3.05) is 5.32 Å². The normalized spacial score (nSPS) is 10.4. The summed E-state index contributed by atoms with van der Waals surface area (Å²) in [5.74, 6) is -0.159. The van der Waals surface area contributed by atoms with Crippen LogP contribution in [0.3, 0.4) is 0 Å². The van der Waals surface area contributed by atoms with Gasteiger partial charge < -0.3 is 5.32 Å². The van der Waals surface area contributed by atoms with E-state index >= 15 is 0 Å². The first-order valence-electron chi connectivity index (χ1n) is 5.41. The Kier molecular flexibility index (Phi) is 4.24. The minimum absolute atomic E-state index is 0.159. The van der Waals surface area contributed by atoms with E-state index in [9.17, 15) is 4.79 Å². The highest BCUT2D eigenvalue weighted by molar-refractivity contribution is 6.44. The molecule has 92 valence electrons. The van der Waals surface area contributed by atoms with Crippen molar-refractivity contribution in [1.82, 2.24) is 0 Å². The van der Waals surface area contributed by atoms with Crippen molar-refractivity contribution in [2.45, 2.75) is 4.84 Å². The number of carbonyl (C=O) groups excluding carboxylic acids is 1. The van der Waals surface area contributed by atoms with Crippen LogP contribution in [0, 0.1) is 0 Å². The van der Waals surface area contributed by atoms with Gasteiger partial charge in [-0.3, -0.25) is 4.79 Å². The molecule has 0 radical (unpaired) electrons. The monoisotopic (exact) mass is 279 g/mol.